The molecule has 0 bridgehead atoms. The van der Waals surface area contributed by atoms with Gasteiger partial charge in [0.15, 0.2) is 17.3 Å². The number of ether oxygens (including phenoxy) is 1. The average Bonchev–Trinajstić information content (AvgIpc) is 3.48. The zero-order chi connectivity index (χ0) is 22.3. The van der Waals surface area contributed by atoms with Crippen LogP contribution in [0.15, 0.2) is 46.9 Å². The molecule has 1 aliphatic carbocycles. The Bertz CT molecular complexity index is 1150. The number of halogens is 3. The Hall–Kier alpha value is -3.69. The lowest BCUT2D eigenvalue weighted by Gasteiger charge is -2.09. The normalized spacial score (nSPS) is 13.8. The quantitative estimate of drug-likeness (QED) is 0.374. The van der Waals surface area contributed by atoms with Crippen molar-refractivity contribution in [3.05, 3.63) is 58.1 Å². The van der Waals surface area contributed by atoms with Gasteiger partial charge in [-0.25, -0.2) is 0 Å². The molecule has 4 rings (SSSR count). The third-order valence-corrected chi connectivity index (χ3v) is 4.92. The summed E-state index contributed by atoms with van der Waals surface area (Å²) >= 11 is 0. The molecule has 3 aromatic rings. The molecule has 1 aliphatic rings. The number of nitrogens with one attached hydrogen (secondary N) is 1. The predicted octanol–water partition coefficient (Wildman–Crippen LogP) is 5.83. The topological polar surface area (TPSA) is 97.8 Å². The van der Waals surface area contributed by atoms with E-state index < -0.39 is 28.1 Å². The number of para-hydroxylation sites is 1. The lowest BCUT2D eigenvalue weighted by Crippen LogP contribution is -2.05. The monoisotopic (exact) mass is 434 g/mol. The molecule has 162 valence electrons. The Labute approximate surface area is 174 Å². The molecule has 1 heterocycles. The van der Waals surface area contributed by atoms with Crippen LogP contribution in [-0.4, -0.2) is 23.2 Å². The zero-order valence-electron chi connectivity index (χ0n) is 16.2. The summed E-state index contributed by atoms with van der Waals surface area (Å²) in [6.07, 6.45) is -2.91. The second-order valence-corrected chi connectivity index (χ2v) is 7.09. The molecule has 31 heavy (non-hydrogen) atoms. The first-order chi connectivity index (χ1) is 14.7. The number of nitro groups is 1. The van der Waals surface area contributed by atoms with E-state index in [2.05, 4.69) is 5.32 Å². The van der Waals surface area contributed by atoms with Crippen LogP contribution in [0.5, 0.6) is 11.5 Å². The number of alkyl halides is 3. The van der Waals surface area contributed by atoms with Gasteiger partial charge in [0.25, 0.3) is 0 Å². The van der Waals surface area contributed by atoms with Crippen molar-refractivity contribution in [2.75, 3.05) is 12.4 Å². The van der Waals surface area contributed by atoms with Crippen LogP contribution >= 0.6 is 0 Å². The highest BCUT2D eigenvalue weighted by atomic mass is 19.4. The number of aromatic hydroxyl groups is 1. The highest BCUT2D eigenvalue weighted by Gasteiger charge is 2.34. The molecule has 1 aromatic heterocycles. The average molecular weight is 434 g/mol. The van der Waals surface area contributed by atoms with E-state index in [1.54, 1.807) is 0 Å². The molecule has 7 nitrogen and oxygen atoms in total. The second-order valence-electron chi connectivity index (χ2n) is 7.09. The van der Waals surface area contributed by atoms with E-state index in [1.165, 1.54) is 37.4 Å². The summed E-state index contributed by atoms with van der Waals surface area (Å²) in [5.74, 6) is -0.734. The van der Waals surface area contributed by atoms with Gasteiger partial charge in [-0.05, 0) is 42.7 Å². The van der Waals surface area contributed by atoms with Gasteiger partial charge in [-0.1, -0.05) is 18.2 Å². The van der Waals surface area contributed by atoms with Gasteiger partial charge in [0, 0.05) is 6.04 Å². The number of methoxy groups -OCH3 is 1. The van der Waals surface area contributed by atoms with Gasteiger partial charge in [-0.15, -0.1) is 0 Å². The Morgan fingerprint density at radius 3 is 2.55 bits per heavy atom. The lowest BCUT2D eigenvalue weighted by atomic mass is 10.0. The molecule has 10 heteroatoms. The molecule has 0 unspecified atom stereocenters. The SMILES string of the molecule is COc1cccc(-c2oc(NC3CC3)c(-c3cccc(C(F)(F)F)c3)c2O)c1[N+](=O)[O-]. The Kier molecular flexibility index (Phi) is 5.00. The third kappa shape index (κ3) is 3.88. The Balaban J connectivity index is 1.93. The summed E-state index contributed by atoms with van der Waals surface area (Å²) in [7, 11) is 1.27. The lowest BCUT2D eigenvalue weighted by molar-refractivity contribution is -0.385. The number of hydrogen-bond donors (Lipinski definition) is 2. The van der Waals surface area contributed by atoms with Gasteiger partial charge < -0.3 is 19.6 Å². The number of anilines is 1. The standard InChI is InChI=1S/C21H17F3N2O5/c1-30-15-7-3-6-14(17(15)26(28)29)19-18(27)16(20(31-19)25-13-8-9-13)11-4-2-5-12(10-11)21(22,23)24/h2-7,10,13,25,27H,8-9H2,1H3. The van der Waals surface area contributed by atoms with E-state index in [0.717, 1.165) is 25.0 Å². The molecule has 2 N–H and O–H groups in total. The van der Waals surface area contributed by atoms with Crippen LogP contribution in [0.4, 0.5) is 24.7 Å². The van der Waals surface area contributed by atoms with Crippen molar-refractivity contribution in [2.45, 2.75) is 25.1 Å². The predicted molar refractivity (Wildman–Crippen MR) is 106 cm³/mol. The van der Waals surface area contributed by atoms with Crippen molar-refractivity contribution in [3.8, 4) is 33.9 Å². The van der Waals surface area contributed by atoms with Crippen molar-refractivity contribution in [2.24, 2.45) is 0 Å². The summed E-state index contributed by atoms with van der Waals surface area (Å²) in [5, 5.41) is 25.6. The molecular weight excluding hydrogens is 417 g/mol. The smallest absolute Gasteiger partial charge is 0.416 e. The number of hydrogen-bond acceptors (Lipinski definition) is 6. The maximum atomic E-state index is 13.2. The van der Waals surface area contributed by atoms with Crippen LogP contribution in [0.25, 0.3) is 22.5 Å². The Morgan fingerprint density at radius 1 is 1.23 bits per heavy atom. The van der Waals surface area contributed by atoms with Crippen molar-refractivity contribution in [1.82, 2.24) is 0 Å². The van der Waals surface area contributed by atoms with Gasteiger partial charge in [-0.2, -0.15) is 13.2 Å². The number of furan rings is 1. The maximum absolute atomic E-state index is 13.2. The molecule has 1 saturated carbocycles. The van der Waals surface area contributed by atoms with Crippen LogP contribution in [0.3, 0.4) is 0 Å². The maximum Gasteiger partial charge on any atom is 0.416 e. The fourth-order valence-electron chi connectivity index (χ4n) is 3.30. The largest absolute Gasteiger partial charge is 0.504 e. The van der Waals surface area contributed by atoms with Crippen LogP contribution < -0.4 is 10.1 Å². The van der Waals surface area contributed by atoms with E-state index in [4.69, 9.17) is 9.15 Å². The first kappa shape index (κ1) is 20.6. The molecule has 0 radical (unpaired) electrons. The third-order valence-electron chi connectivity index (χ3n) is 4.92. The first-order valence-electron chi connectivity index (χ1n) is 9.32. The van der Waals surface area contributed by atoms with Crippen molar-refractivity contribution < 1.29 is 32.4 Å². The Morgan fingerprint density at radius 2 is 1.94 bits per heavy atom. The van der Waals surface area contributed by atoms with Crippen LogP contribution in [0.1, 0.15) is 18.4 Å². The van der Waals surface area contributed by atoms with Crippen molar-refractivity contribution in [1.29, 1.82) is 0 Å². The minimum atomic E-state index is -4.58. The number of nitro benzene ring substituents is 1. The molecule has 0 saturated heterocycles. The molecule has 1 fully saturated rings. The van der Waals surface area contributed by atoms with Crippen molar-refractivity contribution >= 4 is 11.6 Å². The second kappa shape index (κ2) is 7.53. The van der Waals surface area contributed by atoms with Crippen LogP contribution in [0, 0.1) is 10.1 Å². The van der Waals surface area contributed by atoms with Gasteiger partial charge in [0.2, 0.25) is 5.88 Å². The van der Waals surface area contributed by atoms with E-state index >= 15 is 0 Å². The minimum absolute atomic E-state index is 0.00474. The van der Waals surface area contributed by atoms with E-state index in [1.807, 2.05) is 0 Å². The van der Waals surface area contributed by atoms with Gasteiger partial charge in [-0.3, -0.25) is 10.1 Å². The number of nitrogens with zero attached hydrogens (tertiary/aromatic N) is 1. The van der Waals surface area contributed by atoms with Crippen molar-refractivity contribution in [3.63, 3.8) is 0 Å². The van der Waals surface area contributed by atoms with Gasteiger partial charge in [0.1, 0.15) is 5.56 Å². The summed E-state index contributed by atoms with van der Waals surface area (Å²) in [6, 6.07) is 8.73. The van der Waals surface area contributed by atoms with Gasteiger partial charge in [0.05, 0.1) is 23.2 Å². The molecule has 0 aliphatic heterocycles. The van der Waals surface area contributed by atoms with Crippen LogP contribution in [-0.2, 0) is 6.18 Å². The van der Waals surface area contributed by atoms with E-state index in [-0.39, 0.29) is 40.1 Å². The minimum Gasteiger partial charge on any atom is -0.504 e. The first-order valence-corrected chi connectivity index (χ1v) is 9.32. The zero-order valence-corrected chi connectivity index (χ0v) is 16.2. The fourth-order valence-corrected chi connectivity index (χ4v) is 3.30. The highest BCUT2D eigenvalue weighted by molar-refractivity contribution is 5.90. The fraction of sp³-hybridized carbons (Fsp3) is 0.238. The summed E-state index contributed by atoms with van der Waals surface area (Å²) in [5.41, 5.74) is -1.31. The number of rotatable bonds is 6. The molecular formula is C21H17F3N2O5. The van der Waals surface area contributed by atoms with E-state index in [9.17, 15) is 28.4 Å². The number of benzene rings is 2. The van der Waals surface area contributed by atoms with Crippen LogP contribution in [0.2, 0.25) is 0 Å². The molecule has 0 amide bonds. The molecule has 2 aromatic carbocycles. The highest BCUT2D eigenvalue weighted by Crippen LogP contribution is 2.51. The summed E-state index contributed by atoms with van der Waals surface area (Å²) in [4.78, 5) is 11.0. The van der Waals surface area contributed by atoms with E-state index in [0.29, 0.717) is 0 Å². The molecule has 0 atom stereocenters. The summed E-state index contributed by atoms with van der Waals surface area (Å²) < 4.78 is 50.4. The van der Waals surface area contributed by atoms with Gasteiger partial charge >= 0.3 is 11.9 Å². The summed E-state index contributed by atoms with van der Waals surface area (Å²) in [6.45, 7) is 0. The molecule has 0 spiro atoms.